The Morgan fingerprint density at radius 3 is 2.59 bits per heavy atom. The van der Waals surface area contributed by atoms with E-state index >= 15 is 0 Å². The van der Waals surface area contributed by atoms with Crippen LogP contribution in [0.5, 0.6) is 0 Å². The minimum absolute atomic E-state index is 0.0617. The monoisotopic (exact) mass is 428 g/mol. The number of benzene rings is 2. The highest BCUT2D eigenvalue weighted by Crippen LogP contribution is 2.25. The molecule has 0 atom stereocenters. The van der Waals surface area contributed by atoms with Gasteiger partial charge in [0.25, 0.3) is 15.9 Å². The Balaban J connectivity index is 1.84. The molecule has 2 aromatic carbocycles. The van der Waals surface area contributed by atoms with Gasteiger partial charge in [0.15, 0.2) is 0 Å². The van der Waals surface area contributed by atoms with Gasteiger partial charge in [-0.1, -0.05) is 41.9 Å². The number of nitrogens with zero attached hydrogens (tertiary/aromatic N) is 3. The number of hydrogen-bond donors (Lipinski definition) is 1. The van der Waals surface area contributed by atoms with Crippen LogP contribution in [0.2, 0.25) is 5.02 Å². The van der Waals surface area contributed by atoms with Crippen LogP contribution < -0.4 is 9.73 Å². The molecule has 3 rings (SSSR count). The van der Waals surface area contributed by atoms with Crippen molar-refractivity contribution in [1.82, 2.24) is 10.4 Å². The van der Waals surface area contributed by atoms with E-state index in [-0.39, 0.29) is 10.6 Å². The third kappa shape index (κ3) is 5.40. The molecule has 1 heterocycles. The number of nitrogens with one attached hydrogen (secondary N) is 1. The number of amides is 1. The predicted molar refractivity (Wildman–Crippen MR) is 112 cm³/mol. The number of sulfonamides is 1. The lowest BCUT2D eigenvalue weighted by atomic mass is 10.3. The third-order valence-electron chi connectivity index (χ3n) is 3.80. The predicted octanol–water partition coefficient (Wildman–Crippen LogP) is 3.08. The number of carbonyl (C=O) groups is 1. The summed E-state index contributed by atoms with van der Waals surface area (Å²) in [5.74, 6) is -0.607. The van der Waals surface area contributed by atoms with Crippen molar-refractivity contribution in [3.8, 4) is 0 Å². The average Bonchev–Trinajstić information content (AvgIpc) is 2.73. The van der Waals surface area contributed by atoms with Crippen molar-refractivity contribution in [3.05, 3.63) is 89.7 Å². The summed E-state index contributed by atoms with van der Waals surface area (Å²) < 4.78 is 27.3. The maximum atomic E-state index is 13.1. The van der Waals surface area contributed by atoms with Gasteiger partial charge in [-0.15, -0.1) is 0 Å². The molecule has 1 aromatic heterocycles. The molecule has 0 aliphatic carbocycles. The van der Waals surface area contributed by atoms with Crippen LogP contribution in [0, 0.1) is 0 Å². The quantitative estimate of drug-likeness (QED) is 0.462. The fourth-order valence-electron chi connectivity index (χ4n) is 2.46. The fourth-order valence-corrected chi connectivity index (χ4v) is 4.08. The van der Waals surface area contributed by atoms with E-state index in [0.717, 1.165) is 4.31 Å². The molecule has 0 bridgehead atoms. The summed E-state index contributed by atoms with van der Waals surface area (Å²) in [5, 5.41) is 4.20. The molecule has 0 spiro atoms. The summed E-state index contributed by atoms with van der Waals surface area (Å²) in [5.41, 5.74) is 3.30. The SMILES string of the molecule is O=C(CN(c1cccc(Cl)c1)S(=O)(=O)c1ccccc1)N/N=C\c1cccnc1. The Hall–Kier alpha value is -3.23. The van der Waals surface area contributed by atoms with E-state index in [0.29, 0.717) is 10.6 Å². The topological polar surface area (TPSA) is 91.7 Å². The van der Waals surface area contributed by atoms with Crippen LogP contribution in [-0.2, 0) is 14.8 Å². The van der Waals surface area contributed by atoms with E-state index < -0.39 is 22.5 Å². The van der Waals surface area contributed by atoms with Crippen LogP contribution in [0.25, 0.3) is 0 Å². The first-order valence-electron chi connectivity index (χ1n) is 8.52. The molecule has 3 aromatic rings. The molecule has 0 unspecified atom stereocenters. The third-order valence-corrected chi connectivity index (χ3v) is 5.83. The lowest BCUT2D eigenvalue weighted by molar-refractivity contribution is -0.119. The normalized spacial score (nSPS) is 11.3. The van der Waals surface area contributed by atoms with Gasteiger partial charge in [0.2, 0.25) is 0 Å². The van der Waals surface area contributed by atoms with Crippen LogP contribution >= 0.6 is 11.6 Å². The van der Waals surface area contributed by atoms with Crippen LogP contribution in [0.15, 0.2) is 89.1 Å². The Kier molecular flexibility index (Phi) is 6.58. The Morgan fingerprint density at radius 1 is 1.10 bits per heavy atom. The van der Waals surface area contributed by atoms with Gasteiger partial charge < -0.3 is 0 Å². The second-order valence-corrected chi connectivity index (χ2v) is 8.18. The molecule has 0 saturated carbocycles. The van der Waals surface area contributed by atoms with Crippen LogP contribution in [-0.4, -0.2) is 32.1 Å². The van der Waals surface area contributed by atoms with Gasteiger partial charge >= 0.3 is 0 Å². The van der Waals surface area contributed by atoms with Gasteiger partial charge in [-0.25, -0.2) is 13.8 Å². The van der Waals surface area contributed by atoms with Crippen molar-refractivity contribution >= 4 is 39.4 Å². The average molecular weight is 429 g/mol. The first kappa shape index (κ1) is 20.5. The molecular weight excluding hydrogens is 412 g/mol. The zero-order valence-electron chi connectivity index (χ0n) is 15.1. The molecule has 0 aliphatic rings. The summed E-state index contributed by atoms with van der Waals surface area (Å²) in [6.45, 7) is -0.470. The first-order valence-corrected chi connectivity index (χ1v) is 10.3. The first-order chi connectivity index (χ1) is 14.0. The smallest absolute Gasteiger partial charge is 0.264 e. The number of hydrazone groups is 1. The van der Waals surface area contributed by atoms with Crippen LogP contribution in [0.3, 0.4) is 0 Å². The Bertz CT molecular complexity index is 1110. The number of aromatic nitrogens is 1. The lowest BCUT2D eigenvalue weighted by Gasteiger charge is -2.23. The van der Waals surface area contributed by atoms with Gasteiger partial charge in [0.1, 0.15) is 6.54 Å². The molecule has 0 radical (unpaired) electrons. The second-order valence-electron chi connectivity index (χ2n) is 5.88. The lowest BCUT2D eigenvalue weighted by Crippen LogP contribution is -2.39. The van der Waals surface area contributed by atoms with Crippen LogP contribution in [0.1, 0.15) is 5.56 Å². The number of hydrogen-bond acceptors (Lipinski definition) is 5. The molecular formula is C20H17ClN4O3S. The number of pyridine rings is 1. The van der Waals surface area contributed by atoms with Crippen molar-refractivity contribution in [2.45, 2.75) is 4.90 Å². The maximum Gasteiger partial charge on any atom is 0.264 e. The van der Waals surface area contributed by atoms with Gasteiger partial charge in [-0.05, 0) is 36.4 Å². The standard InChI is InChI=1S/C20H17ClN4O3S/c21-17-7-4-8-18(12-17)25(29(27,28)19-9-2-1-3-10-19)15-20(26)24-23-14-16-6-5-11-22-13-16/h1-14H,15H2,(H,24,26)/b23-14-. The fraction of sp³-hybridized carbons (Fsp3) is 0.0500. The molecule has 148 valence electrons. The number of rotatable bonds is 7. The summed E-state index contributed by atoms with van der Waals surface area (Å²) in [6.07, 6.45) is 4.61. The largest absolute Gasteiger partial charge is 0.271 e. The van der Waals surface area contributed by atoms with Crippen molar-refractivity contribution in [3.63, 3.8) is 0 Å². The minimum Gasteiger partial charge on any atom is -0.271 e. The molecule has 0 saturated heterocycles. The van der Waals surface area contributed by atoms with E-state index in [1.165, 1.54) is 24.4 Å². The Morgan fingerprint density at radius 2 is 1.90 bits per heavy atom. The van der Waals surface area contributed by atoms with Crippen molar-refractivity contribution in [2.75, 3.05) is 10.8 Å². The van der Waals surface area contributed by atoms with Crippen molar-refractivity contribution in [2.24, 2.45) is 5.10 Å². The zero-order chi connectivity index (χ0) is 20.7. The summed E-state index contributed by atoms with van der Waals surface area (Å²) in [4.78, 5) is 16.4. The van der Waals surface area contributed by atoms with E-state index in [1.54, 1.807) is 60.9 Å². The highest BCUT2D eigenvalue weighted by atomic mass is 35.5. The second kappa shape index (κ2) is 9.31. The molecule has 7 nitrogen and oxygen atoms in total. The summed E-state index contributed by atoms with van der Waals surface area (Å²) >= 11 is 6.02. The van der Waals surface area contributed by atoms with Crippen LogP contribution in [0.4, 0.5) is 5.69 Å². The number of anilines is 1. The Labute approximate surface area is 173 Å². The van der Waals surface area contributed by atoms with Gasteiger partial charge in [0, 0.05) is 23.0 Å². The summed E-state index contributed by atoms with van der Waals surface area (Å²) in [6, 6.07) is 17.6. The van der Waals surface area contributed by atoms with E-state index in [1.807, 2.05) is 0 Å². The van der Waals surface area contributed by atoms with E-state index in [2.05, 4.69) is 15.5 Å². The minimum atomic E-state index is -3.99. The molecule has 9 heteroatoms. The molecule has 1 amide bonds. The zero-order valence-corrected chi connectivity index (χ0v) is 16.7. The number of halogens is 1. The highest BCUT2D eigenvalue weighted by Gasteiger charge is 2.27. The van der Waals surface area contributed by atoms with E-state index in [4.69, 9.17) is 11.6 Å². The molecule has 0 aliphatic heterocycles. The van der Waals surface area contributed by atoms with E-state index in [9.17, 15) is 13.2 Å². The maximum absolute atomic E-state index is 13.1. The van der Waals surface area contributed by atoms with Crippen molar-refractivity contribution in [1.29, 1.82) is 0 Å². The molecule has 1 N–H and O–H groups in total. The molecule has 29 heavy (non-hydrogen) atoms. The van der Waals surface area contributed by atoms with Gasteiger partial charge in [0.05, 0.1) is 16.8 Å². The summed E-state index contributed by atoms with van der Waals surface area (Å²) in [7, 11) is -3.99. The number of carbonyl (C=O) groups excluding carboxylic acids is 1. The molecule has 0 fully saturated rings. The highest BCUT2D eigenvalue weighted by molar-refractivity contribution is 7.92. The van der Waals surface area contributed by atoms with Crippen molar-refractivity contribution < 1.29 is 13.2 Å². The van der Waals surface area contributed by atoms with Gasteiger partial charge in [-0.3, -0.25) is 14.1 Å². The van der Waals surface area contributed by atoms with Gasteiger partial charge in [-0.2, -0.15) is 5.10 Å².